The fourth-order valence-electron chi connectivity index (χ4n) is 2.98. The van der Waals surface area contributed by atoms with Crippen molar-refractivity contribution in [1.82, 2.24) is 4.90 Å². The van der Waals surface area contributed by atoms with Gasteiger partial charge in [-0.15, -0.1) is 6.58 Å². The third-order valence-corrected chi connectivity index (χ3v) is 4.66. The molecule has 0 atom stereocenters. The highest BCUT2D eigenvalue weighted by atomic mass is 16.5. The van der Waals surface area contributed by atoms with Gasteiger partial charge in [-0.05, 0) is 37.4 Å². The van der Waals surface area contributed by atoms with Gasteiger partial charge in [-0.1, -0.05) is 50.3 Å². The Bertz CT molecular complexity index is 895. The summed E-state index contributed by atoms with van der Waals surface area (Å²) >= 11 is 0. The van der Waals surface area contributed by atoms with Gasteiger partial charge in [0.1, 0.15) is 11.5 Å². The number of phenolic OH excluding ortho intramolecular Hbond substituents is 1. The van der Waals surface area contributed by atoms with E-state index in [0.29, 0.717) is 16.9 Å². The van der Waals surface area contributed by atoms with E-state index in [1.54, 1.807) is 18.2 Å². The molecule has 0 spiro atoms. The second kappa shape index (κ2) is 8.89. The fraction of sp³-hybridized carbons (Fsp3) is 0.292. The van der Waals surface area contributed by atoms with Gasteiger partial charge in [-0.3, -0.25) is 4.79 Å². The van der Waals surface area contributed by atoms with E-state index in [4.69, 9.17) is 4.74 Å². The smallest absolute Gasteiger partial charge is 0.189 e. The highest BCUT2D eigenvalue weighted by Gasteiger charge is 2.24. The number of ketones is 1. The van der Waals surface area contributed by atoms with Crippen LogP contribution in [0, 0.1) is 0 Å². The van der Waals surface area contributed by atoms with Crippen molar-refractivity contribution in [3.8, 4) is 11.5 Å². The van der Waals surface area contributed by atoms with Gasteiger partial charge in [0.05, 0.1) is 12.7 Å². The van der Waals surface area contributed by atoms with Crippen LogP contribution in [0.3, 0.4) is 0 Å². The number of nitrogens with zero attached hydrogens (tertiary/aromatic N) is 1. The SMILES string of the molecule is C=CC(C)(C)c1cc(C(=O)C=Cc2cccc(CN(C)C)c2)c(OC)cc1O. The van der Waals surface area contributed by atoms with Crippen LogP contribution in [-0.2, 0) is 12.0 Å². The van der Waals surface area contributed by atoms with Gasteiger partial charge in [0.15, 0.2) is 5.78 Å². The average molecular weight is 380 g/mol. The molecule has 0 fully saturated rings. The zero-order valence-corrected chi connectivity index (χ0v) is 17.3. The van der Waals surface area contributed by atoms with Gasteiger partial charge in [0.2, 0.25) is 0 Å². The summed E-state index contributed by atoms with van der Waals surface area (Å²) in [6, 6.07) is 11.2. The van der Waals surface area contributed by atoms with E-state index in [2.05, 4.69) is 23.6 Å². The van der Waals surface area contributed by atoms with Crippen molar-refractivity contribution < 1.29 is 14.6 Å². The summed E-state index contributed by atoms with van der Waals surface area (Å²) in [5, 5.41) is 10.3. The molecule has 2 aromatic carbocycles. The Kier molecular flexibility index (Phi) is 6.81. The van der Waals surface area contributed by atoms with Gasteiger partial charge in [0, 0.05) is 23.6 Å². The molecule has 0 aliphatic carbocycles. The third kappa shape index (κ3) is 5.11. The molecule has 0 saturated carbocycles. The first-order valence-corrected chi connectivity index (χ1v) is 9.19. The molecule has 4 heteroatoms. The zero-order chi connectivity index (χ0) is 20.9. The summed E-state index contributed by atoms with van der Waals surface area (Å²) in [6.07, 6.45) is 5.08. The third-order valence-electron chi connectivity index (χ3n) is 4.66. The molecule has 0 bridgehead atoms. The van der Waals surface area contributed by atoms with Crippen LogP contribution in [0.25, 0.3) is 6.08 Å². The lowest BCUT2D eigenvalue weighted by molar-refractivity contribution is 0.104. The quantitative estimate of drug-likeness (QED) is 0.406. The van der Waals surface area contributed by atoms with E-state index in [9.17, 15) is 9.90 Å². The number of phenols is 1. The summed E-state index contributed by atoms with van der Waals surface area (Å²) in [5.74, 6) is 0.242. The van der Waals surface area contributed by atoms with Crippen LogP contribution < -0.4 is 4.74 Å². The predicted octanol–water partition coefficient (Wildman–Crippen LogP) is 4.82. The van der Waals surface area contributed by atoms with Crippen LogP contribution in [0.15, 0.2) is 55.1 Å². The van der Waals surface area contributed by atoms with Crippen LogP contribution >= 0.6 is 0 Å². The van der Waals surface area contributed by atoms with Crippen LogP contribution in [0.5, 0.6) is 11.5 Å². The van der Waals surface area contributed by atoms with Gasteiger partial charge in [-0.25, -0.2) is 0 Å². The number of carbonyl (C=O) groups is 1. The van der Waals surface area contributed by atoms with Gasteiger partial charge >= 0.3 is 0 Å². The lowest BCUT2D eigenvalue weighted by Gasteiger charge is -2.23. The molecule has 148 valence electrons. The highest BCUT2D eigenvalue weighted by Crippen LogP contribution is 2.37. The van der Waals surface area contributed by atoms with Crippen molar-refractivity contribution >= 4 is 11.9 Å². The first kappa shape index (κ1) is 21.5. The maximum Gasteiger partial charge on any atom is 0.189 e. The van der Waals surface area contributed by atoms with Crippen molar-refractivity contribution in [2.24, 2.45) is 0 Å². The molecular formula is C24H29NO3. The molecule has 1 N–H and O–H groups in total. The molecule has 4 nitrogen and oxygen atoms in total. The minimum Gasteiger partial charge on any atom is -0.507 e. The Morgan fingerprint density at radius 2 is 1.96 bits per heavy atom. The average Bonchev–Trinajstić information content (AvgIpc) is 2.65. The lowest BCUT2D eigenvalue weighted by atomic mass is 9.83. The van der Waals surface area contributed by atoms with Crippen molar-refractivity contribution in [2.45, 2.75) is 25.8 Å². The topological polar surface area (TPSA) is 49.8 Å². The first-order chi connectivity index (χ1) is 13.2. The summed E-state index contributed by atoms with van der Waals surface area (Å²) in [7, 11) is 5.52. The number of allylic oxidation sites excluding steroid dienone is 2. The van der Waals surface area contributed by atoms with Crippen molar-refractivity contribution in [3.63, 3.8) is 0 Å². The highest BCUT2D eigenvalue weighted by molar-refractivity contribution is 6.09. The van der Waals surface area contributed by atoms with Crippen molar-refractivity contribution in [1.29, 1.82) is 0 Å². The Labute approximate surface area is 167 Å². The van der Waals surface area contributed by atoms with Crippen LogP contribution in [0.2, 0.25) is 0 Å². The molecule has 2 rings (SSSR count). The largest absolute Gasteiger partial charge is 0.507 e. The molecule has 0 amide bonds. The Hall–Kier alpha value is -2.85. The standard InChI is InChI=1S/C24H29NO3/c1-7-24(2,3)20-14-19(23(28-6)15-22(20)27)21(26)12-11-17-9-8-10-18(13-17)16-25(4)5/h7-15,27H,1,16H2,2-6H3. The zero-order valence-electron chi connectivity index (χ0n) is 17.3. The maximum absolute atomic E-state index is 12.9. The molecule has 0 aliphatic heterocycles. The Morgan fingerprint density at radius 3 is 2.57 bits per heavy atom. The molecule has 0 radical (unpaired) electrons. The number of ether oxygens (including phenoxy) is 1. The van der Waals surface area contributed by atoms with E-state index in [-0.39, 0.29) is 11.5 Å². The molecule has 2 aromatic rings. The molecule has 0 heterocycles. The van der Waals surface area contributed by atoms with Gasteiger partial charge in [-0.2, -0.15) is 0 Å². The van der Waals surface area contributed by atoms with E-state index in [1.165, 1.54) is 24.8 Å². The number of hydrogen-bond acceptors (Lipinski definition) is 4. The maximum atomic E-state index is 12.9. The van der Waals surface area contributed by atoms with E-state index >= 15 is 0 Å². The first-order valence-electron chi connectivity index (χ1n) is 9.19. The van der Waals surface area contributed by atoms with Gasteiger partial charge < -0.3 is 14.7 Å². The molecule has 0 aromatic heterocycles. The Morgan fingerprint density at radius 1 is 1.25 bits per heavy atom. The predicted molar refractivity (Wildman–Crippen MR) is 115 cm³/mol. The lowest BCUT2D eigenvalue weighted by Crippen LogP contribution is -2.14. The van der Waals surface area contributed by atoms with Crippen molar-refractivity contribution in [2.75, 3.05) is 21.2 Å². The van der Waals surface area contributed by atoms with E-state index in [0.717, 1.165) is 12.1 Å². The summed E-state index contributed by atoms with van der Waals surface area (Å²) in [6.45, 7) is 8.53. The van der Waals surface area contributed by atoms with Crippen LogP contribution in [0.1, 0.15) is 40.9 Å². The van der Waals surface area contributed by atoms with Crippen LogP contribution in [-0.4, -0.2) is 37.0 Å². The second-order valence-electron chi connectivity index (χ2n) is 7.68. The minimum absolute atomic E-state index is 0.0821. The molecule has 0 unspecified atom stereocenters. The molecule has 0 saturated heterocycles. The molecule has 28 heavy (non-hydrogen) atoms. The van der Waals surface area contributed by atoms with Crippen LogP contribution in [0.4, 0.5) is 0 Å². The second-order valence-corrected chi connectivity index (χ2v) is 7.68. The Balaban J connectivity index is 2.37. The number of carbonyl (C=O) groups excluding carboxylic acids is 1. The number of benzene rings is 2. The van der Waals surface area contributed by atoms with E-state index in [1.807, 2.05) is 40.1 Å². The van der Waals surface area contributed by atoms with Gasteiger partial charge in [0.25, 0.3) is 0 Å². The fourth-order valence-corrected chi connectivity index (χ4v) is 2.98. The molecule has 0 aliphatic rings. The summed E-state index contributed by atoms with van der Waals surface area (Å²) < 4.78 is 5.32. The minimum atomic E-state index is -0.477. The summed E-state index contributed by atoms with van der Waals surface area (Å²) in [4.78, 5) is 15.0. The normalized spacial score (nSPS) is 11.8. The number of rotatable bonds is 8. The number of methoxy groups -OCH3 is 1. The summed E-state index contributed by atoms with van der Waals surface area (Å²) in [5.41, 5.74) is 2.70. The molecular weight excluding hydrogens is 350 g/mol. The monoisotopic (exact) mass is 379 g/mol. The number of aromatic hydroxyl groups is 1. The van der Waals surface area contributed by atoms with Crippen molar-refractivity contribution in [3.05, 3.63) is 77.4 Å². The van der Waals surface area contributed by atoms with E-state index < -0.39 is 5.41 Å². The number of hydrogen-bond donors (Lipinski definition) is 1.